The van der Waals surface area contributed by atoms with E-state index in [9.17, 15) is 18.0 Å². The fraction of sp³-hybridized carbons (Fsp3) is 0.654. The van der Waals surface area contributed by atoms with Gasteiger partial charge in [0.1, 0.15) is 17.8 Å². The minimum Gasteiger partial charge on any atom is -0.456 e. The zero-order valence-corrected chi connectivity index (χ0v) is 20.3. The maximum Gasteiger partial charge on any atom is 0.432 e. The van der Waals surface area contributed by atoms with E-state index in [0.717, 1.165) is 12.7 Å². The van der Waals surface area contributed by atoms with Crippen molar-refractivity contribution in [2.45, 2.75) is 68.5 Å². The smallest absolute Gasteiger partial charge is 0.432 e. The second-order valence-corrected chi connectivity index (χ2v) is 10.5. The summed E-state index contributed by atoms with van der Waals surface area (Å²) in [4.78, 5) is 13.5. The van der Waals surface area contributed by atoms with Crippen LogP contribution in [0.3, 0.4) is 0 Å². The molecule has 2 aliphatic carbocycles. The summed E-state index contributed by atoms with van der Waals surface area (Å²) in [5.74, 6) is -2.54. The van der Waals surface area contributed by atoms with Crippen LogP contribution in [0.15, 0.2) is 42.5 Å². The van der Waals surface area contributed by atoms with E-state index < -0.39 is 46.8 Å². The summed E-state index contributed by atoms with van der Waals surface area (Å²) in [6.07, 6.45) is -4.93. The number of epoxide rings is 1. The van der Waals surface area contributed by atoms with Crippen molar-refractivity contribution in [1.82, 2.24) is 0 Å². The number of rotatable bonds is 5. The quantitative estimate of drug-likeness (QED) is 0.339. The molecule has 0 aromatic heterocycles. The molecule has 2 saturated heterocycles. The molecule has 192 valence electrons. The molecule has 4 aliphatic rings. The number of alkyl halides is 3. The van der Waals surface area contributed by atoms with Crippen molar-refractivity contribution in [3.05, 3.63) is 48.0 Å². The van der Waals surface area contributed by atoms with Gasteiger partial charge >= 0.3 is 12.1 Å². The van der Waals surface area contributed by atoms with Crippen molar-refractivity contribution in [3.63, 3.8) is 0 Å². The number of halogens is 3. The lowest BCUT2D eigenvalue weighted by molar-refractivity contribution is -0.283. The van der Waals surface area contributed by atoms with Gasteiger partial charge in [0.05, 0.1) is 6.61 Å². The Morgan fingerprint density at radius 3 is 2.46 bits per heavy atom. The highest BCUT2D eigenvalue weighted by Gasteiger charge is 2.86. The van der Waals surface area contributed by atoms with E-state index in [4.69, 9.17) is 23.7 Å². The first-order valence-corrected chi connectivity index (χ1v) is 11.9. The van der Waals surface area contributed by atoms with Gasteiger partial charge < -0.3 is 23.7 Å². The molecule has 2 saturated carbocycles. The molecule has 0 N–H and O–H groups in total. The lowest BCUT2D eigenvalue weighted by Gasteiger charge is -2.54. The zero-order valence-electron chi connectivity index (χ0n) is 20.3. The van der Waals surface area contributed by atoms with Crippen molar-refractivity contribution in [2.75, 3.05) is 20.8 Å². The maximum atomic E-state index is 14.5. The van der Waals surface area contributed by atoms with E-state index in [2.05, 4.69) is 20.4 Å². The van der Waals surface area contributed by atoms with Gasteiger partial charge in [-0.3, -0.25) is 0 Å². The fourth-order valence-corrected chi connectivity index (χ4v) is 6.98. The summed E-state index contributed by atoms with van der Waals surface area (Å²) in [7, 11) is 2.40. The molecule has 35 heavy (non-hydrogen) atoms. The van der Waals surface area contributed by atoms with E-state index in [1.54, 1.807) is 6.07 Å². The first-order valence-electron chi connectivity index (χ1n) is 11.9. The van der Waals surface area contributed by atoms with Crippen molar-refractivity contribution in [2.24, 2.45) is 17.3 Å². The molecule has 2 heterocycles. The Bertz CT molecular complexity index is 1030. The highest BCUT2D eigenvalue weighted by molar-refractivity contribution is 5.83. The van der Waals surface area contributed by atoms with Crippen LogP contribution in [0, 0.1) is 17.3 Å². The highest BCUT2D eigenvalue weighted by atomic mass is 19.4. The Kier molecular flexibility index (Phi) is 5.50. The molecule has 0 bridgehead atoms. The number of hydrogen-bond acceptors (Lipinski definition) is 6. The van der Waals surface area contributed by atoms with Crippen LogP contribution in [0.5, 0.6) is 0 Å². The predicted molar refractivity (Wildman–Crippen MR) is 118 cm³/mol. The van der Waals surface area contributed by atoms with Crippen LogP contribution in [0.2, 0.25) is 0 Å². The van der Waals surface area contributed by atoms with Crippen molar-refractivity contribution < 1.29 is 41.7 Å². The van der Waals surface area contributed by atoms with Gasteiger partial charge in [0.2, 0.25) is 5.79 Å². The first-order chi connectivity index (χ1) is 16.4. The third-order valence-corrected chi connectivity index (χ3v) is 9.16. The molecule has 5 rings (SSSR count). The molecule has 0 amide bonds. The predicted octanol–water partition coefficient (Wildman–Crippen LogP) is 4.53. The van der Waals surface area contributed by atoms with E-state index >= 15 is 0 Å². The van der Waals surface area contributed by atoms with Gasteiger partial charge in [-0.1, -0.05) is 50.8 Å². The van der Waals surface area contributed by atoms with Gasteiger partial charge in [-0.2, -0.15) is 13.2 Å². The number of benzene rings is 1. The SMILES string of the molecule is C=C1CO[C@@]2(OC)[C@H]3O[C@]34[C@H](OC(=O)[C@](OC)(c3ccccc3)C(F)(F)F)CC[C@H](C)[C@@]4(C)C[C@@H]12. The first kappa shape index (κ1) is 24.7. The minimum atomic E-state index is -5.05. The van der Waals surface area contributed by atoms with Gasteiger partial charge in [0.25, 0.3) is 5.60 Å². The number of ether oxygens (including phenoxy) is 5. The number of carbonyl (C=O) groups is 1. The van der Waals surface area contributed by atoms with E-state index in [-0.39, 0.29) is 17.4 Å². The zero-order chi connectivity index (χ0) is 25.4. The van der Waals surface area contributed by atoms with Crippen LogP contribution in [0.4, 0.5) is 13.2 Å². The lowest BCUT2D eigenvalue weighted by atomic mass is 9.51. The Morgan fingerprint density at radius 1 is 1.17 bits per heavy atom. The van der Waals surface area contributed by atoms with Crippen LogP contribution in [0.1, 0.15) is 38.7 Å². The van der Waals surface area contributed by atoms with Crippen LogP contribution < -0.4 is 0 Å². The summed E-state index contributed by atoms with van der Waals surface area (Å²) < 4.78 is 72.4. The van der Waals surface area contributed by atoms with Crippen molar-refractivity contribution >= 4 is 5.97 Å². The van der Waals surface area contributed by atoms with Crippen molar-refractivity contribution in [1.29, 1.82) is 0 Å². The Labute approximate surface area is 202 Å². The summed E-state index contributed by atoms with van der Waals surface area (Å²) >= 11 is 0. The van der Waals surface area contributed by atoms with Crippen molar-refractivity contribution in [3.8, 4) is 0 Å². The molecule has 1 aromatic carbocycles. The van der Waals surface area contributed by atoms with E-state index in [1.807, 2.05) is 0 Å². The average molecular weight is 497 g/mol. The van der Waals surface area contributed by atoms with Gasteiger partial charge in [0, 0.05) is 31.1 Å². The largest absolute Gasteiger partial charge is 0.456 e. The summed E-state index contributed by atoms with van der Waals surface area (Å²) in [5.41, 5.74) is -4.21. The van der Waals surface area contributed by atoms with E-state index in [0.29, 0.717) is 25.9 Å². The van der Waals surface area contributed by atoms with Crippen LogP contribution in [-0.4, -0.2) is 56.6 Å². The second-order valence-electron chi connectivity index (χ2n) is 10.5. The summed E-state index contributed by atoms with van der Waals surface area (Å²) in [5, 5.41) is 0. The fourth-order valence-electron chi connectivity index (χ4n) is 6.98. The van der Waals surface area contributed by atoms with Crippen LogP contribution >= 0.6 is 0 Å². The molecule has 4 fully saturated rings. The standard InChI is InChI=1S/C26H31F3O6/c1-15-14-33-25(32-5)18(15)13-22(3)16(2)11-12-19(24(22)20(25)35-24)34-21(30)23(31-4,26(27,28)29)17-9-7-6-8-10-17/h6-10,16,18-20H,1,11-14H2,2-5H3/t16-,18-,19+,20-,22+,23+,24+,25+/m0/s1. The molecular weight excluding hydrogens is 465 g/mol. The molecule has 0 radical (unpaired) electrons. The third kappa shape index (κ3) is 2.95. The molecule has 0 unspecified atom stereocenters. The molecule has 6 nitrogen and oxygen atoms in total. The maximum absolute atomic E-state index is 14.5. The number of hydrogen-bond donors (Lipinski definition) is 0. The number of fused-ring (bicyclic) bond motifs is 2. The highest BCUT2D eigenvalue weighted by Crippen LogP contribution is 2.73. The summed E-state index contributed by atoms with van der Waals surface area (Å²) in [6, 6.07) is 6.84. The number of carbonyl (C=O) groups excluding carboxylic acids is 1. The van der Waals surface area contributed by atoms with E-state index in [1.165, 1.54) is 31.4 Å². The minimum absolute atomic E-state index is 0.118. The molecule has 9 heteroatoms. The number of esters is 1. The third-order valence-electron chi connectivity index (χ3n) is 9.16. The number of methoxy groups -OCH3 is 2. The normalized spacial score (nSPS) is 41.9. The monoisotopic (exact) mass is 496 g/mol. The topological polar surface area (TPSA) is 66.5 Å². The lowest BCUT2D eigenvalue weighted by Crippen LogP contribution is -2.65. The Morgan fingerprint density at radius 2 is 1.86 bits per heavy atom. The molecule has 2 aliphatic heterocycles. The van der Waals surface area contributed by atoms with Gasteiger partial charge in [-0.05, 0) is 30.8 Å². The van der Waals surface area contributed by atoms with Gasteiger partial charge in [0.15, 0.2) is 0 Å². The average Bonchev–Trinajstić information content (AvgIpc) is 3.51. The summed E-state index contributed by atoms with van der Waals surface area (Å²) in [6.45, 7) is 8.65. The Balaban J connectivity index is 1.54. The molecule has 1 aromatic rings. The molecular formula is C26H31F3O6. The molecule has 8 atom stereocenters. The van der Waals surface area contributed by atoms with Gasteiger partial charge in [-0.25, -0.2) is 4.79 Å². The van der Waals surface area contributed by atoms with Crippen LogP contribution in [-0.2, 0) is 34.1 Å². The van der Waals surface area contributed by atoms with Gasteiger partial charge in [-0.15, -0.1) is 0 Å². The van der Waals surface area contributed by atoms with Crippen LogP contribution in [0.25, 0.3) is 0 Å². The Hall–Kier alpha value is -1.94. The molecule has 1 spiro atoms. The second kappa shape index (κ2) is 7.78.